The van der Waals surface area contributed by atoms with Crippen molar-refractivity contribution in [2.45, 2.75) is 37.2 Å². The number of aliphatic hydroxyl groups is 3. The summed E-state index contributed by atoms with van der Waals surface area (Å²) in [5.74, 6) is 0.416. The van der Waals surface area contributed by atoms with E-state index < -0.39 is 6.10 Å². The van der Waals surface area contributed by atoms with E-state index in [0.29, 0.717) is 5.75 Å². The Morgan fingerprint density at radius 2 is 1.93 bits per heavy atom. The molecule has 0 aliphatic carbocycles. The zero-order valence-corrected chi connectivity index (χ0v) is 9.41. The maximum Gasteiger partial charge on any atom is 0.0861 e. The number of thioether (sulfide) groups is 1. The van der Waals surface area contributed by atoms with Gasteiger partial charge in [-0.2, -0.15) is 11.8 Å². The van der Waals surface area contributed by atoms with Crippen LogP contribution < -0.4 is 5.73 Å². The number of rotatable bonds is 8. The van der Waals surface area contributed by atoms with Gasteiger partial charge in [0.1, 0.15) is 0 Å². The van der Waals surface area contributed by atoms with E-state index in [1.165, 1.54) is 11.8 Å². The normalized spacial score (nSPS) is 17.8. The molecule has 0 saturated carbocycles. The van der Waals surface area contributed by atoms with Crippen LogP contribution in [0, 0.1) is 0 Å². The Bertz CT molecular complexity index is 137. The molecule has 0 aromatic carbocycles. The van der Waals surface area contributed by atoms with Gasteiger partial charge in [-0.1, -0.05) is 13.3 Å². The molecule has 0 spiro atoms. The van der Waals surface area contributed by atoms with Gasteiger partial charge >= 0.3 is 0 Å². The van der Waals surface area contributed by atoms with Gasteiger partial charge in [-0.25, -0.2) is 0 Å². The molecule has 14 heavy (non-hydrogen) atoms. The molecule has 0 aromatic heterocycles. The van der Waals surface area contributed by atoms with Gasteiger partial charge in [0.15, 0.2) is 0 Å². The van der Waals surface area contributed by atoms with Crippen LogP contribution in [0.25, 0.3) is 0 Å². The Balaban J connectivity index is 3.77. The van der Waals surface area contributed by atoms with Gasteiger partial charge in [0.2, 0.25) is 0 Å². The van der Waals surface area contributed by atoms with Crippen LogP contribution in [0.1, 0.15) is 19.8 Å². The van der Waals surface area contributed by atoms with E-state index in [1.807, 2.05) is 6.92 Å². The molecule has 0 fully saturated rings. The molecule has 0 aliphatic heterocycles. The average Bonchev–Trinajstić information content (AvgIpc) is 2.18. The topological polar surface area (TPSA) is 86.7 Å². The van der Waals surface area contributed by atoms with E-state index in [9.17, 15) is 0 Å². The summed E-state index contributed by atoms with van der Waals surface area (Å²) >= 11 is 1.42. The number of hydrogen-bond acceptors (Lipinski definition) is 5. The largest absolute Gasteiger partial charge is 0.395 e. The van der Waals surface area contributed by atoms with Crippen molar-refractivity contribution in [3.63, 3.8) is 0 Å². The Labute approximate surface area is 89.5 Å². The van der Waals surface area contributed by atoms with Crippen molar-refractivity contribution in [3.05, 3.63) is 0 Å². The minimum absolute atomic E-state index is 0.0178. The average molecular weight is 223 g/mol. The summed E-state index contributed by atoms with van der Waals surface area (Å²) in [5, 5.41) is 26.7. The molecular formula is C9H21NO3S. The van der Waals surface area contributed by atoms with Gasteiger partial charge in [-0.15, -0.1) is 0 Å². The minimum Gasteiger partial charge on any atom is -0.395 e. The summed E-state index contributed by atoms with van der Waals surface area (Å²) in [6, 6.07) is -0.0408. The highest BCUT2D eigenvalue weighted by molar-refractivity contribution is 8.00. The first-order valence-electron chi connectivity index (χ1n) is 4.92. The first-order chi connectivity index (χ1) is 6.65. The Morgan fingerprint density at radius 1 is 1.29 bits per heavy atom. The van der Waals surface area contributed by atoms with E-state index in [-0.39, 0.29) is 24.5 Å². The van der Waals surface area contributed by atoms with Crippen molar-refractivity contribution in [2.24, 2.45) is 5.73 Å². The van der Waals surface area contributed by atoms with E-state index in [4.69, 9.17) is 21.1 Å². The highest BCUT2D eigenvalue weighted by atomic mass is 32.2. The number of hydrogen-bond donors (Lipinski definition) is 4. The minimum atomic E-state index is -0.720. The van der Waals surface area contributed by atoms with Gasteiger partial charge in [-0.05, 0) is 6.42 Å². The fourth-order valence-corrected chi connectivity index (χ4v) is 2.18. The lowest BCUT2D eigenvalue weighted by atomic mass is 10.1. The summed E-state index contributed by atoms with van der Waals surface area (Å²) in [5.41, 5.74) is 5.84. The van der Waals surface area contributed by atoms with E-state index in [2.05, 4.69) is 0 Å². The zero-order chi connectivity index (χ0) is 11.0. The standard InChI is InChI=1S/C9H21NO3S/c1-2-3-8(10)9(5-12)14-6-7(13)4-11/h7-9,11-13H,2-6,10H2,1H3. The molecule has 0 aliphatic rings. The van der Waals surface area contributed by atoms with Crippen molar-refractivity contribution in [3.8, 4) is 0 Å². The fourth-order valence-electron chi connectivity index (χ4n) is 1.12. The maximum absolute atomic E-state index is 9.12. The second-order valence-electron chi connectivity index (χ2n) is 3.34. The lowest BCUT2D eigenvalue weighted by molar-refractivity contribution is 0.113. The molecule has 0 rings (SSSR count). The third-order valence-electron chi connectivity index (χ3n) is 1.99. The van der Waals surface area contributed by atoms with Crippen LogP contribution in [-0.2, 0) is 0 Å². The molecule has 3 unspecified atom stereocenters. The molecule has 5 heteroatoms. The molecule has 0 saturated heterocycles. The molecule has 0 radical (unpaired) electrons. The summed E-state index contributed by atoms with van der Waals surface area (Å²) in [6.45, 7) is 1.82. The van der Waals surface area contributed by atoms with Gasteiger partial charge in [0.05, 0.1) is 19.3 Å². The second-order valence-corrected chi connectivity index (χ2v) is 4.62. The Hall–Kier alpha value is 0.190. The van der Waals surface area contributed by atoms with Crippen LogP contribution in [0.15, 0.2) is 0 Å². The lowest BCUT2D eigenvalue weighted by Crippen LogP contribution is -2.36. The highest BCUT2D eigenvalue weighted by Gasteiger charge is 2.17. The number of nitrogens with two attached hydrogens (primary N) is 1. The quantitative estimate of drug-likeness (QED) is 0.448. The van der Waals surface area contributed by atoms with E-state index in [1.54, 1.807) is 0 Å². The SMILES string of the molecule is CCCC(N)C(CO)SCC(O)CO. The first-order valence-corrected chi connectivity index (χ1v) is 5.97. The van der Waals surface area contributed by atoms with Crippen LogP contribution >= 0.6 is 11.8 Å². The van der Waals surface area contributed by atoms with Crippen LogP contribution in [-0.4, -0.2) is 51.7 Å². The molecule has 3 atom stereocenters. The van der Waals surface area contributed by atoms with Crippen LogP contribution in [0.2, 0.25) is 0 Å². The van der Waals surface area contributed by atoms with Crippen LogP contribution in [0.5, 0.6) is 0 Å². The zero-order valence-electron chi connectivity index (χ0n) is 8.59. The highest BCUT2D eigenvalue weighted by Crippen LogP contribution is 2.17. The van der Waals surface area contributed by atoms with Gasteiger partial charge in [-0.3, -0.25) is 0 Å². The van der Waals surface area contributed by atoms with Crippen molar-refractivity contribution in [1.29, 1.82) is 0 Å². The summed E-state index contributed by atoms with van der Waals surface area (Å²) < 4.78 is 0. The van der Waals surface area contributed by atoms with Crippen LogP contribution in [0.3, 0.4) is 0 Å². The lowest BCUT2D eigenvalue weighted by Gasteiger charge is -2.21. The predicted molar refractivity (Wildman–Crippen MR) is 59.3 cm³/mol. The smallest absolute Gasteiger partial charge is 0.0861 e. The molecular weight excluding hydrogens is 202 g/mol. The van der Waals surface area contributed by atoms with Crippen molar-refractivity contribution < 1.29 is 15.3 Å². The molecule has 86 valence electrons. The molecule has 0 amide bonds. The van der Waals surface area contributed by atoms with Crippen molar-refractivity contribution in [1.82, 2.24) is 0 Å². The van der Waals surface area contributed by atoms with Gasteiger partial charge in [0.25, 0.3) is 0 Å². The number of aliphatic hydroxyl groups excluding tert-OH is 3. The summed E-state index contributed by atoms with van der Waals surface area (Å²) in [6.07, 6.45) is 1.14. The Kier molecular flexibility index (Phi) is 8.61. The predicted octanol–water partition coefficient (Wildman–Crippen LogP) is -0.439. The Morgan fingerprint density at radius 3 is 2.36 bits per heavy atom. The third kappa shape index (κ3) is 5.82. The van der Waals surface area contributed by atoms with Gasteiger partial charge < -0.3 is 21.1 Å². The third-order valence-corrected chi connectivity index (χ3v) is 3.50. The molecule has 5 N–H and O–H groups in total. The monoisotopic (exact) mass is 223 g/mol. The molecule has 0 aromatic rings. The maximum atomic E-state index is 9.12. The molecule has 0 bridgehead atoms. The van der Waals surface area contributed by atoms with Gasteiger partial charge in [0, 0.05) is 17.0 Å². The summed E-state index contributed by atoms with van der Waals surface area (Å²) in [7, 11) is 0. The molecule has 0 heterocycles. The summed E-state index contributed by atoms with van der Waals surface area (Å²) in [4.78, 5) is 0. The fraction of sp³-hybridized carbons (Fsp3) is 1.00. The molecule has 4 nitrogen and oxygen atoms in total. The van der Waals surface area contributed by atoms with E-state index >= 15 is 0 Å². The van der Waals surface area contributed by atoms with Crippen molar-refractivity contribution >= 4 is 11.8 Å². The second kappa shape index (κ2) is 8.49. The first kappa shape index (κ1) is 14.2. The van der Waals surface area contributed by atoms with Crippen molar-refractivity contribution in [2.75, 3.05) is 19.0 Å². The van der Waals surface area contributed by atoms with E-state index in [0.717, 1.165) is 12.8 Å². The van der Waals surface area contributed by atoms with Crippen LogP contribution in [0.4, 0.5) is 0 Å².